The van der Waals surface area contributed by atoms with Crippen molar-refractivity contribution in [1.29, 1.82) is 0 Å². The van der Waals surface area contributed by atoms with Gasteiger partial charge in [0.25, 0.3) is 0 Å². The molecule has 1 amide bonds. The summed E-state index contributed by atoms with van der Waals surface area (Å²) >= 11 is 0. The molecular formula is C21H30N2O3S. The van der Waals surface area contributed by atoms with Crippen LogP contribution in [0.25, 0.3) is 0 Å². The summed E-state index contributed by atoms with van der Waals surface area (Å²) in [4.78, 5) is 15.0. The van der Waals surface area contributed by atoms with Gasteiger partial charge < -0.3 is 4.90 Å². The smallest absolute Gasteiger partial charge is 0.243 e. The van der Waals surface area contributed by atoms with E-state index in [1.54, 1.807) is 6.07 Å². The number of nitrogens with zero attached hydrogens (tertiary/aromatic N) is 2. The van der Waals surface area contributed by atoms with Gasteiger partial charge in [0.15, 0.2) is 0 Å². The minimum absolute atomic E-state index is 0.219. The monoisotopic (exact) mass is 390 g/mol. The van der Waals surface area contributed by atoms with Gasteiger partial charge in [0.05, 0.1) is 4.90 Å². The van der Waals surface area contributed by atoms with E-state index in [1.165, 1.54) is 30.0 Å². The topological polar surface area (TPSA) is 57.7 Å². The molecule has 3 aliphatic rings. The van der Waals surface area contributed by atoms with Gasteiger partial charge in [-0.1, -0.05) is 18.6 Å². The Morgan fingerprint density at radius 3 is 2.44 bits per heavy atom. The van der Waals surface area contributed by atoms with E-state index in [0.717, 1.165) is 23.0 Å². The van der Waals surface area contributed by atoms with Gasteiger partial charge in [0.1, 0.15) is 0 Å². The number of benzene rings is 1. The van der Waals surface area contributed by atoms with Crippen LogP contribution in [0.1, 0.15) is 43.2 Å². The van der Waals surface area contributed by atoms with Crippen molar-refractivity contribution in [3.63, 3.8) is 0 Å². The summed E-state index contributed by atoms with van der Waals surface area (Å²) in [5, 5.41) is 0. The molecule has 4 rings (SSSR count). The standard InChI is InChI=1S/C21H30N2O3S/c1-15-3-4-16(2)20(11-15)27(25,26)23-9-7-22(8-10-23)21(24)14-19-13-17-5-6-18(19)12-17/h3-4,11,17-19H,5-10,12-14H2,1-2H3/t17-,18-,19-/m1/s1. The van der Waals surface area contributed by atoms with Crippen molar-refractivity contribution in [2.75, 3.05) is 26.2 Å². The third-order valence-electron chi connectivity index (χ3n) is 6.87. The fraction of sp³-hybridized carbons (Fsp3) is 0.667. The molecule has 1 aliphatic heterocycles. The van der Waals surface area contributed by atoms with Crippen LogP contribution in [-0.4, -0.2) is 49.7 Å². The van der Waals surface area contributed by atoms with Crippen molar-refractivity contribution in [3.05, 3.63) is 29.3 Å². The first-order valence-electron chi connectivity index (χ1n) is 10.2. The number of carbonyl (C=O) groups excluding carboxylic acids is 1. The van der Waals surface area contributed by atoms with Gasteiger partial charge in [-0.25, -0.2) is 8.42 Å². The first kappa shape index (κ1) is 18.9. The Labute approximate surface area is 162 Å². The molecule has 148 valence electrons. The van der Waals surface area contributed by atoms with Gasteiger partial charge in [-0.05, 0) is 68.1 Å². The third kappa shape index (κ3) is 3.66. The van der Waals surface area contributed by atoms with Crippen LogP contribution in [0.2, 0.25) is 0 Å². The molecule has 1 aromatic rings. The predicted octanol–water partition coefficient (Wildman–Crippen LogP) is 2.96. The zero-order valence-electron chi connectivity index (χ0n) is 16.4. The second-order valence-corrected chi connectivity index (χ2v) is 10.6. The third-order valence-corrected chi connectivity index (χ3v) is 8.91. The first-order valence-corrected chi connectivity index (χ1v) is 11.6. The molecule has 0 spiro atoms. The highest BCUT2D eigenvalue weighted by Gasteiger charge is 2.41. The molecule has 5 nitrogen and oxygen atoms in total. The Bertz CT molecular complexity index is 828. The van der Waals surface area contributed by atoms with Crippen molar-refractivity contribution < 1.29 is 13.2 Å². The molecule has 0 unspecified atom stereocenters. The van der Waals surface area contributed by atoms with Crippen molar-refractivity contribution >= 4 is 15.9 Å². The van der Waals surface area contributed by atoms with Gasteiger partial charge in [-0.3, -0.25) is 4.79 Å². The van der Waals surface area contributed by atoms with E-state index in [9.17, 15) is 13.2 Å². The van der Waals surface area contributed by atoms with Crippen molar-refractivity contribution in [2.45, 2.75) is 50.8 Å². The van der Waals surface area contributed by atoms with E-state index < -0.39 is 10.0 Å². The molecular weight excluding hydrogens is 360 g/mol. The summed E-state index contributed by atoms with van der Waals surface area (Å²) in [6.45, 7) is 5.52. The van der Waals surface area contributed by atoms with Crippen LogP contribution in [0.15, 0.2) is 23.1 Å². The van der Waals surface area contributed by atoms with E-state index in [-0.39, 0.29) is 5.91 Å². The Balaban J connectivity index is 1.37. The Morgan fingerprint density at radius 1 is 1.07 bits per heavy atom. The van der Waals surface area contributed by atoms with Gasteiger partial charge in [0, 0.05) is 32.6 Å². The molecule has 1 heterocycles. The first-order chi connectivity index (χ1) is 12.8. The van der Waals surface area contributed by atoms with Crippen molar-refractivity contribution in [3.8, 4) is 0 Å². The molecule has 2 bridgehead atoms. The number of carbonyl (C=O) groups is 1. The molecule has 27 heavy (non-hydrogen) atoms. The minimum atomic E-state index is -3.50. The highest BCUT2D eigenvalue weighted by molar-refractivity contribution is 7.89. The van der Waals surface area contributed by atoms with Crippen LogP contribution in [0.5, 0.6) is 0 Å². The largest absolute Gasteiger partial charge is 0.340 e. The van der Waals surface area contributed by atoms with Crippen LogP contribution in [0.3, 0.4) is 0 Å². The average molecular weight is 391 g/mol. The van der Waals surface area contributed by atoms with Crippen molar-refractivity contribution in [1.82, 2.24) is 9.21 Å². The highest BCUT2D eigenvalue weighted by atomic mass is 32.2. The van der Waals surface area contributed by atoms with Crippen LogP contribution in [0, 0.1) is 31.6 Å². The van der Waals surface area contributed by atoms with E-state index in [0.29, 0.717) is 43.4 Å². The molecule has 2 aliphatic carbocycles. The lowest BCUT2D eigenvalue weighted by Crippen LogP contribution is -2.50. The molecule has 2 saturated carbocycles. The van der Waals surface area contributed by atoms with E-state index in [4.69, 9.17) is 0 Å². The average Bonchev–Trinajstić information content (AvgIpc) is 3.27. The highest BCUT2D eigenvalue weighted by Crippen LogP contribution is 2.49. The lowest BCUT2D eigenvalue weighted by Gasteiger charge is -2.35. The Kier molecular flexibility index (Phi) is 5.06. The van der Waals surface area contributed by atoms with Gasteiger partial charge in [-0.15, -0.1) is 0 Å². The van der Waals surface area contributed by atoms with Crippen LogP contribution in [-0.2, 0) is 14.8 Å². The zero-order valence-corrected chi connectivity index (χ0v) is 17.2. The number of hydrogen-bond acceptors (Lipinski definition) is 3. The number of aryl methyl sites for hydroxylation is 2. The quantitative estimate of drug-likeness (QED) is 0.794. The van der Waals surface area contributed by atoms with E-state index >= 15 is 0 Å². The molecule has 6 heteroatoms. The molecule has 3 atom stereocenters. The van der Waals surface area contributed by atoms with Gasteiger partial charge in [-0.2, -0.15) is 4.31 Å². The van der Waals surface area contributed by atoms with Crippen LogP contribution < -0.4 is 0 Å². The maximum atomic E-state index is 13.0. The fourth-order valence-corrected chi connectivity index (χ4v) is 7.01. The second-order valence-electron chi connectivity index (χ2n) is 8.69. The number of fused-ring (bicyclic) bond motifs is 2. The molecule has 1 aromatic carbocycles. The summed E-state index contributed by atoms with van der Waals surface area (Å²) in [7, 11) is -3.50. The summed E-state index contributed by atoms with van der Waals surface area (Å²) in [6, 6.07) is 5.54. The molecule has 0 aromatic heterocycles. The predicted molar refractivity (Wildman–Crippen MR) is 105 cm³/mol. The SMILES string of the molecule is Cc1ccc(C)c(S(=O)(=O)N2CCN(C(=O)C[C@H]3C[C@@H]4CC[C@@H]3C4)CC2)c1. The van der Waals surface area contributed by atoms with Crippen LogP contribution in [0.4, 0.5) is 0 Å². The molecule has 0 N–H and O–H groups in total. The number of rotatable bonds is 4. The molecule has 0 radical (unpaired) electrons. The summed E-state index contributed by atoms with van der Waals surface area (Å²) in [6.07, 6.45) is 5.84. The second kappa shape index (κ2) is 7.21. The minimum Gasteiger partial charge on any atom is -0.340 e. The summed E-state index contributed by atoms with van der Waals surface area (Å²) < 4.78 is 27.6. The number of piperazine rings is 1. The summed E-state index contributed by atoms with van der Waals surface area (Å²) in [5.74, 6) is 2.39. The number of amides is 1. The maximum Gasteiger partial charge on any atom is 0.243 e. The normalized spacial score (nSPS) is 28.7. The van der Waals surface area contributed by atoms with Gasteiger partial charge in [0.2, 0.25) is 15.9 Å². The van der Waals surface area contributed by atoms with Gasteiger partial charge >= 0.3 is 0 Å². The Hall–Kier alpha value is -1.40. The molecule has 3 fully saturated rings. The van der Waals surface area contributed by atoms with E-state index in [2.05, 4.69) is 0 Å². The van der Waals surface area contributed by atoms with E-state index in [1.807, 2.05) is 30.9 Å². The maximum absolute atomic E-state index is 13.0. The summed E-state index contributed by atoms with van der Waals surface area (Å²) in [5.41, 5.74) is 1.72. The number of sulfonamides is 1. The Morgan fingerprint density at radius 2 is 1.81 bits per heavy atom. The lowest BCUT2D eigenvalue weighted by atomic mass is 9.86. The zero-order chi connectivity index (χ0) is 19.2. The fourth-order valence-electron chi connectivity index (χ4n) is 5.28. The lowest BCUT2D eigenvalue weighted by molar-refractivity contribution is -0.133. The molecule has 1 saturated heterocycles. The van der Waals surface area contributed by atoms with Crippen molar-refractivity contribution in [2.24, 2.45) is 17.8 Å². The van der Waals surface area contributed by atoms with Crippen LogP contribution >= 0.6 is 0 Å². The number of hydrogen-bond donors (Lipinski definition) is 0.